The van der Waals surface area contributed by atoms with Gasteiger partial charge in [0.2, 0.25) is 0 Å². The van der Waals surface area contributed by atoms with Crippen molar-refractivity contribution in [2.75, 3.05) is 0 Å². The Morgan fingerprint density at radius 3 is 2.53 bits per heavy atom. The van der Waals surface area contributed by atoms with Crippen LogP contribution in [0, 0.1) is 0 Å². The molecule has 0 atom stereocenters. The second-order valence-corrected chi connectivity index (χ2v) is 5.52. The Hall–Kier alpha value is -1.87. The van der Waals surface area contributed by atoms with Crippen LogP contribution in [-0.2, 0) is 12.0 Å². The van der Waals surface area contributed by atoms with Crippen LogP contribution in [0.2, 0.25) is 0 Å². The molecule has 1 N–H and O–H groups in total. The van der Waals surface area contributed by atoms with E-state index in [2.05, 4.69) is 31.8 Å². The third kappa shape index (κ3) is 3.55. The molecule has 0 saturated carbocycles. The molecule has 0 bridgehead atoms. The zero-order chi connectivity index (χ0) is 13.9. The average molecular weight is 257 g/mol. The van der Waals surface area contributed by atoms with Gasteiger partial charge in [-0.1, -0.05) is 32.9 Å². The van der Waals surface area contributed by atoms with Crippen molar-refractivity contribution in [3.05, 3.63) is 53.9 Å². The second kappa shape index (κ2) is 5.41. The third-order valence-electron chi connectivity index (χ3n) is 2.89. The van der Waals surface area contributed by atoms with E-state index in [0.29, 0.717) is 11.4 Å². The van der Waals surface area contributed by atoms with E-state index >= 15 is 0 Å². The number of aliphatic hydroxyl groups excluding tert-OH is 1. The summed E-state index contributed by atoms with van der Waals surface area (Å²) in [7, 11) is 0. The van der Waals surface area contributed by atoms with Gasteiger partial charge in [-0.15, -0.1) is 0 Å². The Morgan fingerprint density at radius 2 is 1.84 bits per heavy atom. The van der Waals surface area contributed by atoms with Gasteiger partial charge in [-0.2, -0.15) is 0 Å². The smallest absolute Gasteiger partial charge is 0.130 e. The Kier molecular flexibility index (Phi) is 3.86. The van der Waals surface area contributed by atoms with Gasteiger partial charge >= 0.3 is 0 Å². The number of hydrogen-bond acceptors (Lipinski definition) is 3. The molecule has 0 spiro atoms. The zero-order valence-electron chi connectivity index (χ0n) is 11.6. The molecule has 3 nitrogen and oxygen atoms in total. The molecule has 2 rings (SSSR count). The maximum Gasteiger partial charge on any atom is 0.130 e. The molecule has 0 amide bonds. The summed E-state index contributed by atoms with van der Waals surface area (Å²) in [4.78, 5) is 4.03. The van der Waals surface area contributed by atoms with Gasteiger partial charge in [-0.3, -0.25) is 4.98 Å². The zero-order valence-corrected chi connectivity index (χ0v) is 11.6. The molecule has 1 aromatic carbocycles. The van der Waals surface area contributed by atoms with Crippen LogP contribution in [0.15, 0.2) is 42.6 Å². The quantitative estimate of drug-likeness (QED) is 0.912. The van der Waals surface area contributed by atoms with E-state index < -0.39 is 0 Å². The monoisotopic (exact) mass is 257 g/mol. The number of aromatic nitrogens is 1. The first-order valence-corrected chi connectivity index (χ1v) is 6.33. The second-order valence-electron chi connectivity index (χ2n) is 5.52. The van der Waals surface area contributed by atoms with Crippen molar-refractivity contribution >= 4 is 0 Å². The first-order valence-electron chi connectivity index (χ1n) is 6.33. The van der Waals surface area contributed by atoms with Gasteiger partial charge in [0.15, 0.2) is 0 Å². The minimum Gasteiger partial charge on any atom is -0.457 e. The summed E-state index contributed by atoms with van der Waals surface area (Å²) in [5.41, 5.74) is 1.92. The molecule has 100 valence electrons. The Balaban J connectivity index is 2.23. The van der Waals surface area contributed by atoms with Gasteiger partial charge in [0, 0.05) is 12.3 Å². The predicted octanol–water partition coefficient (Wildman–Crippen LogP) is 3.66. The molecule has 3 heteroatoms. The van der Waals surface area contributed by atoms with Gasteiger partial charge in [0.1, 0.15) is 11.5 Å². The molecule has 0 aliphatic rings. The van der Waals surface area contributed by atoms with E-state index in [9.17, 15) is 0 Å². The van der Waals surface area contributed by atoms with Crippen molar-refractivity contribution in [2.24, 2.45) is 0 Å². The molecule has 0 radical (unpaired) electrons. The van der Waals surface area contributed by atoms with Gasteiger partial charge in [0.25, 0.3) is 0 Å². The summed E-state index contributed by atoms with van der Waals surface area (Å²) in [6, 6.07) is 11.6. The van der Waals surface area contributed by atoms with Crippen molar-refractivity contribution < 1.29 is 9.84 Å². The van der Waals surface area contributed by atoms with Crippen molar-refractivity contribution in [1.29, 1.82) is 0 Å². The molecule has 0 aliphatic carbocycles. The largest absolute Gasteiger partial charge is 0.457 e. The molecule has 1 heterocycles. The van der Waals surface area contributed by atoms with E-state index in [0.717, 1.165) is 5.75 Å². The fourth-order valence-electron chi connectivity index (χ4n) is 1.77. The van der Waals surface area contributed by atoms with Crippen LogP contribution in [0.5, 0.6) is 11.5 Å². The van der Waals surface area contributed by atoms with Crippen molar-refractivity contribution in [3.8, 4) is 11.5 Å². The lowest BCUT2D eigenvalue weighted by molar-refractivity contribution is 0.276. The Labute approximate surface area is 113 Å². The lowest BCUT2D eigenvalue weighted by Gasteiger charge is -2.19. The molecule has 1 aromatic heterocycles. The summed E-state index contributed by atoms with van der Waals surface area (Å²) in [5.74, 6) is 1.48. The normalized spacial score (nSPS) is 11.4. The standard InChI is InChI=1S/C16H19NO2/c1-16(2,3)12-5-4-6-14(9-12)19-15-7-8-17-13(10-15)11-18/h4-10,18H,11H2,1-3H3. The van der Waals surface area contributed by atoms with E-state index in [1.54, 1.807) is 18.3 Å². The SMILES string of the molecule is CC(C)(C)c1cccc(Oc2ccnc(CO)c2)c1. The first-order chi connectivity index (χ1) is 8.99. The van der Waals surface area contributed by atoms with Crippen LogP contribution in [0.4, 0.5) is 0 Å². The predicted molar refractivity (Wildman–Crippen MR) is 75.4 cm³/mol. The highest BCUT2D eigenvalue weighted by molar-refractivity contribution is 5.36. The van der Waals surface area contributed by atoms with Crippen molar-refractivity contribution in [1.82, 2.24) is 4.98 Å². The summed E-state index contributed by atoms with van der Waals surface area (Å²) in [6.45, 7) is 6.42. The molecule has 2 aromatic rings. The van der Waals surface area contributed by atoms with Crippen LogP contribution >= 0.6 is 0 Å². The van der Waals surface area contributed by atoms with Crippen LogP contribution in [-0.4, -0.2) is 10.1 Å². The Morgan fingerprint density at radius 1 is 1.11 bits per heavy atom. The lowest BCUT2D eigenvalue weighted by atomic mass is 9.87. The molecule has 0 aliphatic heterocycles. The van der Waals surface area contributed by atoms with Gasteiger partial charge in [0.05, 0.1) is 12.3 Å². The van der Waals surface area contributed by atoms with Gasteiger partial charge in [-0.05, 0) is 29.2 Å². The minimum absolute atomic E-state index is 0.0841. The highest BCUT2D eigenvalue weighted by Gasteiger charge is 2.14. The number of pyridine rings is 1. The summed E-state index contributed by atoms with van der Waals surface area (Å²) >= 11 is 0. The summed E-state index contributed by atoms with van der Waals surface area (Å²) < 4.78 is 5.81. The van der Waals surface area contributed by atoms with E-state index in [-0.39, 0.29) is 12.0 Å². The number of hydrogen-bond donors (Lipinski definition) is 1. The van der Waals surface area contributed by atoms with Crippen LogP contribution < -0.4 is 4.74 Å². The highest BCUT2D eigenvalue weighted by Crippen LogP contribution is 2.28. The number of nitrogens with zero attached hydrogens (tertiary/aromatic N) is 1. The highest BCUT2D eigenvalue weighted by atomic mass is 16.5. The number of aliphatic hydroxyl groups is 1. The number of ether oxygens (including phenoxy) is 1. The molecular weight excluding hydrogens is 238 g/mol. The average Bonchev–Trinajstić information content (AvgIpc) is 2.38. The fourth-order valence-corrected chi connectivity index (χ4v) is 1.77. The van der Waals surface area contributed by atoms with Gasteiger partial charge < -0.3 is 9.84 Å². The molecule has 0 fully saturated rings. The molecule has 0 saturated heterocycles. The first kappa shape index (κ1) is 13.6. The summed E-state index contributed by atoms with van der Waals surface area (Å²) in [5, 5.41) is 9.06. The van der Waals surface area contributed by atoms with E-state index in [1.165, 1.54) is 5.56 Å². The van der Waals surface area contributed by atoms with Crippen LogP contribution in [0.1, 0.15) is 32.0 Å². The molecule has 19 heavy (non-hydrogen) atoms. The van der Waals surface area contributed by atoms with Crippen LogP contribution in [0.3, 0.4) is 0 Å². The third-order valence-corrected chi connectivity index (χ3v) is 2.89. The van der Waals surface area contributed by atoms with Crippen molar-refractivity contribution in [3.63, 3.8) is 0 Å². The van der Waals surface area contributed by atoms with E-state index in [1.807, 2.05) is 18.2 Å². The maximum absolute atomic E-state index is 9.06. The topological polar surface area (TPSA) is 42.4 Å². The fraction of sp³-hybridized carbons (Fsp3) is 0.312. The molecule has 0 unspecified atom stereocenters. The Bertz CT molecular complexity index is 559. The van der Waals surface area contributed by atoms with E-state index in [4.69, 9.17) is 9.84 Å². The number of rotatable bonds is 3. The summed E-state index contributed by atoms with van der Waals surface area (Å²) in [6.07, 6.45) is 1.63. The van der Waals surface area contributed by atoms with Crippen LogP contribution in [0.25, 0.3) is 0 Å². The minimum atomic E-state index is -0.0841. The maximum atomic E-state index is 9.06. The number of benzene rings is 1. The van der Waals surface area contributed by atoms with Crippen molar-refractivity contribution in [2.45, 2.75) is 32.8 Å². The lowest BCUT2D eigenvalue weighted by Crippen LogP contribution is -2.10. The molecular formula is C16H19NO2. The van der Waals surface area contributed by atoms with Gasteiger partial charge in [-0.25, -0.2) is 0 Å².